The van der Waals surface area contributed by atoms with Gasteiger partial charge in [0, 0.05) is 14.2 Å². The zero-order valence-corrected chi connectivity index (χ0v) is 8.33. The molecule has 0 saturated carbocycles. The number of methoxy groups -OCH3 is 2. The Kier molecular flexibility index (Phi) is 6.98. The lowest BCUT2D eigenvalue weighted by Crippen LogP contribution is -2.48. The highest BCUT2D eigenvalue weighted by Gasteiger charge is 2.32. The molecule has 6 heteroatoms. The van der Waals surface area contributed by atoms with Crippen molar-refractivity contribution in [1.29, 1.82) is 0 Å². The Balaban J connectivity index is 4.36. The molecule has 86 valence electrons. The number of hydrogen-bond donors (Lipinski definition) is 4. The van der Waals surface area contributed by atoms with Crippen LogP contribution in [0.4, 0.5) is 0 Å². The Labute approximate surface area is 82.7 Å². The monoisotopic (exact) mass is 210 g/mol. The normalized spacial score (nSPS) is 20.1. The molecule has 6 nitrogen and oxygen atoms in total. The van der Waals surface area contributed by atoms with E-state index in [4.69, 9.17) is 24.8 Å². The lowest BCUT2D eigenvalue weighted by molar-refractivity contribution is -0.145. The fourth-order valence-electron chi connectivity index (χ4n) is 1.15. The highest BCUT2D eigenvalue weighted by Crippen LogP contribution is 2.10. The molecule has 4 atom stereocenters. The molecule has 14 heavy (non-hydrogen) atoms. The number of aliphatic hydroxyl groups is 4. The van der Waals surface area contributed by atoms with E-state index < -0.39 is 31.0 Å². The second-order valence-corrected chi connectivity index (χ2v) is 2.90. The van der Waals surface area contributed by atoms with Crippen molar-refractivity contribution < 1.29 is 29.9 Å². The van der Waals surface area contributed by atoms with E-state index in [9.17, 15) is 5.11 Å². The summed E-state index contributed by atoms with van der Waals surface area (Å²) in [6.45, 7) is -0.924. The minimum atomic E-state index is -1.32. The minimum absolute atomic E-state index is 0.343. The van der Waals surface area contributed by atoms with Crippen molar-refractivity contribution in [2.45, 2.75) is 24.4 Å². The summed E-state index contributed by atoms with van der Waals surface area (Å²) in [6, 6.07) is 0. The van der Waals surface area contributed by atoms with Crippen LogP contribution in [-0.2, 0) is 9.47 Å². The summed E-state index contributed by atoms with van der Waals surface area (Å²) in [5.41, 5.74) is 0. The van der Waals surface area contributed by atoms with Gasteiger partial charge in [-0.1, -0.05) is 0 Å². The molecule has 0 heterocycles. The van der Waals surface area contributed by atoms with Crippen LogP contribution in [0.5, 0.6) is 0 Å². The Morgan fingerprint density at radius 2 is 1.57 bits per heavy atom. The summed E-state index contributed by atoms with van der Waals surface area (Å²) < 4.78 is 9.71. The molecule has 0 spiro atoms. The Morgan fingerprint density at radius 1 is 1.00 bits per heavy atom. The third-order valence-corrected chi connectivity index (χ3v) is 2.04. The van der Waals surface area contributed by atoms with Gasteiger partial charge in [0.25, 0.3) is 0 Å². The van der Waals surface area contributed by atoms with Crippen LogP contribution in [-0.4, -0.2) is 72.3 Å². The molecule has 0 aromatic heterocycles. The fourth-order valence-corrected chi connectivity index (χ4v) is 1.15. The maximum Gasteiger partial charge on any atom is 0.114 e. The van der Waals surface area contributed by atoms with Crippen molar-refractivity contribution in [2.75, 3.05) is 27.4 Å². The van der Waals surface area contributed by atoms with Gasteiger partial charge in [0.1, 0.15) is 24.4 Å². The third-order valence-electron chi connectivity index (χ3n) is 2.04. The van der Waals surface area contributed by atoms with Gasteiger partial charge in [-0.05, 0) is 0 Å². The largest absolute Gasteiger partial charge is 0.394 e. The summed E-state index contributed by atoms with van der Waals surface area (Å²) in [6.07, 6.45) is -4.24. The van der Waals surface area contributed by atoms with E-state index in [1.165, 1.54) is 14.2 Å². The van der Waals surface area contributed by atoms with E-state index in [1.54, 1.807) is 0 Å². The van der Waals surface area contributed by atoms with E-state index in [-0.39, 0.29) is 6.61 Å². The average Bonchev–Trinajstić information content (AvgIpc) is 2.23. The molecule has 0 aliphatic carbocycles. The maximum atomic E-state index is 9.48. The first-order chi connectivity index (χ1) is 6.62. The van der Waals surface area contributed by atoms with Crippen LogP contribution in [0.3, 0.4) is 0 Å². The molecule has 0 rings (SSSR count). The van der Waals surface area contributed by atoms with Gasteiger partial charge in [-0.15, -0.1) is 0 Å². The van der Waals surface area contributed by atoms with Crippen LogP contribution >= 0.6 is 0 Å². The van der Waals surface area contributed by atoms with Crippen LogP contribution < -0.4 is 0 Å². The highest BCUT2D eigenvalue weighted by atomic mass is 16.5. The summed E-state index contributed by atoms with van der Waals surface area (Å²) in [7, 11) is 2.67. The molecular formula is C8H18O6. The van der Waals surface area contributed by atoms with Crippen molar-refractivity contribution in [3.63, 3.8) is 0 Å². The van der Waals surface area contributed by atoms with E-state index >= 15 is 0 Å². The van der Waals surface area contributed by atoms with Crippen LogP contribution in [0.25, 0.3) is 0 Å². The van der Waals surface area contributed by atoms with Gasteiger partial charge in [-0.25, -0.2) is 0 Å². The Hall–Kier alpha value is -0.240. The summed E-state index contributed by atoms with van der Waals surface area (Å²) in [5, 5.41) is 36.1. The molecule has 0 fully saturated rings. The zero-order valence-electron chi connectivity index (χ0n) is 8.33. The van der Waals surface area contributed by atoms with Gasteiger partial charge in [0.2, 0.25) is 0 Å². The van der Waals surface area contributed by atoms with Crippen LogP contribution in [0.15, 0.2) is 0 Å². The predicted octanol–water partition coefficient (Wildman–Crippen LogP) is -2.28. The lowest BCUT2D eigenvalue weighted by atomic mass is 10.0. The van der Waals surface area contributed by atoms with E-state index in [0.717, 1.165) is 0 Å². The van der Waals surface area contributed by atoms with E-state index in [1.807, 2.05) is 0 Å². The van der Waals surface area contributed by atoms with Gasteiger partial charge in [0.05, 0.1) is 13.2 Å². The molecule has 0 amide bonds. The number of ether oxygens (including phenoxy) is 2. The molecule has 0 saturated heterocycles. The molecule has 4 N–H and O–H groups in total. The molecule has 0 aliphatic heterocycles. The number of aliphatic hydroxyl groups excluding tert-OH is 4. The first-order valence-electron chi connectivity index (χ1n) is 4.25. The topological polar surface area (TPSA) is 99.4 Å². The molecule has 0 radical (unpaired) electrons. The highest BCUT2D eigenvalue weighted by molar-refractivity contribution is 4.82. The van der Waals surface area contributed by atoms with Crippen molar-refractivity contribution in [3.05, 3.63) is 0 Å². The Morgan fingerprint density at radius 3 is 1.86 bits per heavy atom. The SMILES string of the molecule is COC(CO)C(OC)C(O)C(O)CO. The van der Waals surface area contributed by atoms with Crippen LogP contribution in [0.2, 0.25) is 0 Å². The van der Waals surface area contributed by atoms with Crippen molar-refractivity contribution in [3.8, 4) is 0 Å². The summed E-state index contributed by atoms with van der Waals surface area (Å²) in [5.74, 6) is 0. The molecule has 0 bridgehead atoms. The fraction of sp³-hybridized carbons (Fsp3) is 1.00. The molecule has 4 unspecified atom stereocenters. The van der Waals surface area contributed by atoms with Crippen LogP contribution in [0, 0.1) is 0 Å². The lowest BCUT2D eigenvalue weighted by Gasteiger charge is -2.29. The quantitative estimate of drug-likeness (QED) is 0.378. The first kappa shape index (κ1) is 13.8. The predicted molar refractivity (Wildman–Crippen MR) is 47.8 cm³/mol. The van der Waals surface area contributed by atoms with Gasteiger partial charge >= 0.3 is 0 Å². The summed E-state index contributed by atoms with van der Waals surface area (Å²) >= 11 is 0. The smallest absolute Gasteiger partial charge is 0.114 e. The van der Waals surface area contributed by atoms with Crippen molar-refractivity contribution in [2.24, 2.45) is 0 Å². The molecular weight excluding hydrogens is 192 g/mol. The standard InChI is InChI=1S/C8H18O6/c1-13-6(4-10)8(14-2)7(12)5(11)3-9/h5-12H,3-4H2,1-2H3. The van der Waals surface area contributed by atoms with Crippen LogP contribution in [0.1, 0.15) is 0 Å². The first-order valence-corrected chi connectivity index (χ1v) is 4.25. The van der Waals surface area contributed by atoms with Gasteiger partial charge in [0.15, 0.2) is 0 Å². The van der Waals surface area contributed by atoms with Gasteiger partial charge in [-0.2, -0.15) is 0 Å². The molecule has 0 aliphatic rings. The number of hydrogen-bond acceptors (Lipinski definition) is 6. The second-order valence-electron chi connectivity index (χ2n) is 2.90. The van der Waals surface area contributed by atoms with Gasteiger partial charge in [-0.3, -0.25) is 0 Å². The minimum Gasteiger partial charge on any atom is -0.394 e. The van der Waals surface area contributed by atoms with E-state index in [0.29, 0.717) is 0 Å². The van der Waals surface area contributed by atoms with Gasteiger partial charge < -0.3 is 29.9 Å². The number of rotatable bonds is 7. The molecule has 0 aromatic carbocycles. The molecule has 0 aromatic rings. The van der Waals surface area contributed by atoms with Crippen molar-refractivity contribution in [1.82, 2.24) is 0 Å². The third kappa shape index (κ3) is 3.49. The second kappa shape index (κ2) is 7.10. The zero-order chi connectivity index (χ0) is 11.1. The van der Waals surface area contributed by atoms with E-state index in [2.05, 4.69) is 0 Å². The summed E-state index contributed by atoms with van der Waals surface area (Å²) in [4.78, 5) is 0. The van der Waals surface area contributed by atoms with Crippen molar-refractivity contribution >= 4 is 0 Å². The average molecular weight is 210 g/mol. The maximum absolute atomic E-state index is 9.48. The Bertz CT molecular complexity index is 138.